The van der Waals surface area contributed by atoms with Gasteiger partial charge in [-0.05, 0) is 61.4 Å². The number of nitrogens with one attached hydrogen (secondary N) is 1. The smallest absolute Gasteiger partial charge is 0.313 e. The average molecular weight is 385 g/mol. The third-order valence-corrected chi connectivity index (χ3v) is 4.44. The van der Waals surface area contributed by atoms with Crippen LogP contribution in [-0.2, 0) is 20.7 Å². The molecule has 1 aliphatic rings. The molecule has 0 fully saturated rings. The van der Waals surface area contributed by atoms with Crippen molar-refractivity contribution in [2.24, 2.45) is 5.92 Å². The lowest BCUT2D eigenvalue weighted by Crippen LogP contribution is -2.36. The Bertz CT molecular complexity index is 905. The highest BCUT2D eigenvalue weighted by Crippen LogP contribution is 2.30. The number of nitriles is 1. The summed E-state index contributed by atoms with van der Waals surface area (Å²) >= 11 is 5.98. The van der Waals surface area contributed by atoms with Crippen molar-refractivity contribution in [2.45, 2.75) is 19.4 Å². The Kier molecular flexibility index (Phi) is 5.63. The third kappa shape index (κ3) is 4.57. The Morgan fingerprint density at radius 1 is 1.30 bits per heavy atom. The minimum atomic E-state index is -0.964. The SMILES string of the molecule is C[C@@H](OC(=O)[C@@H]1COc2ccc(Cl)cc2C1)C(=O)Nc1ccc(C#N)cc1. The molecule has 0 radical (unpaired) electrons. The fourth-order valence-electron chi connectivity index (χ4n) is 2.71. The van der Waals surface area contributed by atoms with Gasteiger partial charge in [-0.2, -0.15) is 5.26 Å². The molecule has 27 heavy (non-hydrogen) atoms. The molecule has 0 saturated carbocycles. The van der Waals surface area contributed by atoms with Crippen LogP contribution in [0.5, 0.6) is 5.75 Å². The van der Waals surface area contributed by atoms with Crippen LogP contribution in [0, 0.1) is 17.2 Å². The molecule has 7 heteroatoms. The first-order valence-electron chi connectivity index (χ1n) is 8.39. The maximum atomic E-state index is 12.4. The molecule has 138 valence electrons. The lowest BCUT2D eigenvalue weighted by molar-refractivity contribution is -0.158. The number of fused-ring (bicyclic) bond motifs is 1. The normalized spacial score (nSPS) is 16.3. The lowest BCUT2D eigenvalue weighted by Gasteiger charge is -2.25. The summed E-state index contributed by atoms with van der Waals surface area (Å²) in [5.41, 5.74) is 1.85. The molecular formula is C20H17ClN2O4. The van der Waals surface area contributed by atoms with E-state index in [0.717, 1.165) is 5.56 Å². The average Bonchev–Trinajstić information content (AvgIpc) is 2.67. The Labute approximate surface area is 161 Å². The largest absolute Gasteiger partial charge is 0.492 e. The second-order valence-electron chi connectivity index (χ2n) is 6.22. The van der Waals surface area contributed by atoms with Gasteiger partial charge in [0.1, 0.15) is 12.4 Å². The van der Waals surface area contributed by atoms with Crippen molar-refractivity contribution in [2.75, 3.05) is 11.9 Å². The van der Waals surface area contributed by atoms with Crippen LogP contribution in [0.3, 0.4) is 0 Å². The van der Waals surface area contributed by atoms with Crippen LogP contribution in [0.15, 0.2) is 42.5 Å². The standard InChI is InChI=1S/C20H17ClN2O4/c1-12(19(24)23-17-5-2-13(10-22)3-6-17)27-20(25)15-8-14-9-16(21)4-7-18(14)26-11-15/h2-7,9,12,15H,8,11H2,1H3,(H,23,24)/t12-,15+/m1/s1. The van der Waals surface area contributed by atoms with Gasteiger partial charge in [0.2, 0.25) is 0 Å². The number of hydrogen-bond donors (Lipinski definition) is 1. The number of halogens is 1. The molecule has 0 spiro atoms. The number of benzene rings is 2. The van der Waals surface area contributed by atoms with Gasteiger partial charge < -0.3 is 14.8 Å². The Hall–Kier alpha value is -3.04. The van der Waals surface area contributed by atoms with E-state index in [2.05, 4.69) is 5.32 Å². The fraction of sp³-hybridized carbons (Fsp3) is 0.250. The molecule has 3 rings (SSSR count). The predicted molar refractivity (Wildman–Crippen MR) is 99.5 cm³/mol. The van der Waals surface area contributed by atoms with E-state index in [1.54, 1.807) is 42.5 Å². The first-order chi connectivity index (χ1) is 13.0. The molecule has 2 aromatic carbocycles. The van der Waals surface area contributed by atoms with Gasteiger partial charge in [-0.3, -0.25) is 9.59 Å². The van der Waals surface area contributed by atoms with Crippen LogP contribution in [-0.4, -0.2) is 24.6 Å². The van der Waals surface area contributed by atoms with E-state index in [1.165, 1.54) is 6.92 Å². The second-order valence-corrected chi connectivity index (χ2v) is 6.66. The minimum Gasteiger partial charge on any atom is -0.492 e. The quantitative estimate of drug-likeness (QED) is 0.817. The zero-order chi connectivity index (χ0) is 19.4. The maximum Gasteiger partial charge on any atom is 0.313 e. The fourth-order valence-corrected chi connectivity index (χ4v) is 2.91. The molecule has 1 amide bonds. The number of carbonyl (C=O) groups is 2. The van der Waals surface area contributed by atoms with Gasteiger partial charge in [0.15, 0.2) is 6.10 Å². The topological polar surface area (TPSA) is 88.4 Å². The highest BCUT2D eigenvalue weighted by Gasteiger charge is 2.30. The number of esters is 1. The summed E-state index contributed by atoms with van der Waals surface area (Å²) < 4.78 is 10.9. The summed E-state index contributed by atoms with van der Waals surface area (Å²) in [7, 11) is 0. The van der Waals surface area contributed by atoms with Crippen LogP contribution < -0.4 is 10.1 Å². The summed E-state index contributed by atoms with van der Waals surface area (Å²) in [6, 6.07) is 13.7. The van der Waals surface area contributed by atoms with Crippen LogP contribution in [0.2, 0.25) is 5.02 Å². The molecular weight excluding hydrogens is 368 g/mol. The number of ether oxygens (including phenoxy) is 2. The van der Waals surface area contributed by atoms with Crippen molar-refractivity contribution < 1.29 is 19.1 Å². The number of carbonyl (C=O) groups excluding carboxylic acids is 2. The van der Waals surface area contributed by atoms with Gasteiger partial charge in [-0.1, -0.05) is 11.6 Å². The van der Waals surface area contributed by atoms with E-state index in [9.17, 15) is 9.59 Å². The highest BCUT2D eigenvalue weighted by molar-refractivity contribution is 6.30. The summed E-state index contributed by atoms with van der Waals surface area (Å²) in [6.07, 6.45) is -0.521. The van der Waals surface area contributed by atoms with Crippen LogP contribution in [0.4, 0.5) is 5.69 Å². The Morgan fingerprint density at radius 3 is 2.74 bits per heavy atom. The van der Waals surface area contributed by atoms with Crippen molar-refractivity contribution >= 4 is 29.2 Å². The van der Waals surface area contributed by atoms with Crippen LogP contribution in [0.25, 0.3) is 0 Å². The van der Waals surface area contributed by atoms with Crippen LogP contribution in [0.1, 0.15) is 18.1 Å². The molecule has 0 aromatic heterocycles. The molecule has 1 N–H and O–H groups in total. The van der Waals surface area contributed by atoms with Gasteiger partial charge in [0, 0.05) is 10.7 Å². The summed E-state index contributed by atoms with van der Waals surface area (Å²) in [5, 5.41) is 12.0. The molecule has 0 unspecified atom stereocenters. The van der Waals surface area contributed by atoms with Crippen LogP contribution >= 0.6 is 11.6 Å². The second kappa shape index (κ2) is 8.11. The van der Waals surface area contributed by atoms with Crippen molar-refractivity contribution in [3.8, 4) is 11.8 Å². The van der Waals surface area contributed by atoms with Gasteiger partial charge in [0.05, 0.1) is 17.6 Å². The van der Waals surface area contributed by atoms with Gasteiger partial charge in [-0.15, -0.1) is 0 Å². The molecule has 0 saturated heterocycles. The first-order valence-corrected chi connectivity index (χ1v) is 8.77. The number of hydrogen-bond acceptors (Lipinski definition) is 5. The van der Waals surface area contributed by atoms with Gasteiger partial charge in [-0.25, -0.2) is 0 Å². The molecule has 2 atom stereocenters. The zero-order valence-electron chi connectivity index (χ0n) is 14.6. The number of anilines is 1. The number of amides is 1. The lowest BCUT2D eigenvalue weighted by atomic mass is 9.97. The molecule has 6 nitrogen and oxygen atoms in total. The molecule has 0 aliphatic carbocycles. The zero-order valence-corrected chi connectivity index (χ0v) is 15.3. The third-order valence-electron chi connectivity index (χ3n) is 4.21. The van der Waals surface area contributed by atoms with Crippen molar-refractivity contribution in [3.63, 3.8) is 0 Å². The summed E-state index contributed by atoms with van der Waals surface area (Å²) in [5.74, 6) is -0.743. The van der Waals surface area contributed by atoms with E-state index in [0.29, 0.717) is 28.4 Å². The van der Waals surface area contributed by atoms with Gasteiger partial charge >= 0.3 is 5.97 Å². The predicted octanol–water partition coefficient (Wildman–Crippen LogP) is 3.33. The monoisotopic (exact) mass is 384 g/mol. The summed E-state index contributed by atoms with van der Waals surface area (Å²) in [4.78, 5) is 24.6. The van der Waals surface area contributed by atoms with Crippen molar-refractivity contribution in [1.29, 1.82) is 5.26 Å². The van der Waals surface area contributed by atoms with Gasteiger partial charge in [0.25, 0.3) is 5.91 Å². The number of rotatable bonds is 4. The minimum absolute atomic E-state index is 0.192. The van der Waals surface area contributed by atoms with E-state index in [1.807, 2.05) is 6.07 Å². The molecule has 0 bridgehead atoms. The molecule has 1 aliphatic heterocycles. The summed E-state index contributed by atoms with van der Waals surface area (Å²) in [6.45, 7) is 1.70. The maximum absolute atomic E-state index is 12.4. The van der Waals surface area contributed by atoms with Crippen molar-refractivity contribution in [3.05, 3.63) is 58.6 Å². The number of nitrogens with zero attached hydrogens (tertiary/aromatic N) is 1. The molecule has 2 aromatic rings. The highest BCUT2D eigenvalue weighted by atomic mass is 35.5. The Morgan fingerprint density at radius 2 is 2.04 bits per heavy atom. The Balaban J connectivity index is 1.57. The van der Waals surface area contributed by atoms with E-state index >= 15 is 0 Å². The first kappa shape index (κ1) is 18.7. The van der Waals surface area contributed by atoms with Crippen molar-refractivity contribution in [1.82, 2.24) is 0 Å². The van der Waals surface area contributed by atoms with E-state index in [4.69, 9.17) is 26.3 Å². The van der Waals surface area contributed by atoms with E-state index in [-0.39, 0.29) is 6.61 Å². The molecule has 1 heterocycles. The van der Waals surface area contributed by atoms with E-state index < -0.39 is 23.9 Å².